The first kappa shape index (κ1) is 24.4. The van der Waals surface area contributed by atoms with Crippen molar-refractivity contribution in [3.63, 3.8) is 0 Å². The zero-order chi connectivity index (χ0) is 24.9. The van der Waals surface area contributed by atoms with Crippen molar-refractivity contribution in [1.29, 1.82) is 0 Å². The van der Waals surface area contributed by atoms with Crippen molar-refractivity contribution in [2.45, 2.75) is 31.7 Å². The van der Waals surface area contributed by atoms with Crippen LogP contribution in [0.15, 0.2) is 85.1 Å². The highest BCUT2D eigenvalue weighted by Crippen LogP contribution is 2.23. The van der Waals surface area contributed by atoms with Gasteiger partial charge in [0.25, 0.3) is 0 Å². The van der Waals surface area contributed by atoms with Crippen LogP contribution in [0.4, 0.5) is 4.79 Å². The van der Waals surface area contributed by atoms with Crippen LogP contribution in [0.25, 0.3) is 10.9 Å². The molecule has 186 valence electrons. The molecule has 2 N–H and O–H groups in total. The Morgan fingerprint density at radius 2 is 1.75 bits per heavy atom. The minimum atomic E-state index is -0.662. The summed E-state index contributed by atoms with van der Waals surface area (Å²) in [5, 5.41) is 12.9. The highest BCUT2D eigenvalue weighted by molar-refractivity contribution is 6.30. The number of aromatic nitrogens is 1. The Labute approximate surface area is 216 Å². The van der Waals surface area contributed by atoms with E-state index in [1.807, 2.05) is 66.7 Å². The number of aliphatic hydroxyl groups excluding tert-OH is 1. The van der Waals surface area contributed by atoms with Gasteiger partial charge in [-0.2, -0.15) is 0 Å². The summed E-state index contributed by atoms with van der Waals surface area (Å²) in [6.07, 6.45) is 1.82. The summed E-state index contributed by atoms with van der Waals surface area (Å²) in [6.45, 7) is 2.26. The number of benzene rings is 3. The molecule has 2 heterocycles. The number of fused-ring (bicyclic) bond motifs is 1. The Balaban J connectivity index is 1.28. The van der Waals surface area contributed by atoms with Crippen LogP contribution in [0.1, 0.15) is 16.7 Å². The Hall–Kier alpha value is -3.32. The molecule has 1 aliphatic heterocycles. The van der Waals surface area contributed by atoms with Crippen LogP contribution in [0.2, 0.25) is 5.02 Å². The maximum atomic E-state index is 12.8. The first-order valence-corrected chi connectivity index (χ1v) is 12.6. The minimum absolute atomic E-state index is 0.199. The van der Waals surface area contributed by atoms with Gasteiger partial charge in [0.15, 0.2) is 0 Å². The molecule has 0 unspecified atom stereocenters. The summed E-state index contributed by atoms with van der Waals surface area (Å²) in [4.78, 5) is 20.0. The van der Waals surface area contributed by atoms with Crippen molar-refractivity contribution < 1.29 is 14.6 Å². The van der Waals surface area contributed by atoms with E-state index in [0.717, 1.165) is 29.6 Å². The number of rotatable bonds is 8. The van der Waals surface area contributed by atoms with Gasteiger partial charge < -0.3 is 19.7 Å². The number of nitrogens with zero attached hydrogens (tertiary/aromatic N) is 2. The molecular formula is C29H30ClN3O3. The van der Waals surface area contributed by atoms with Crippen LogP contribution in [0.3, 0.4) is 0 Å². The van der Waals surface area contributed by atoms with Crippen molar-refractivity contribution in [3.8, 4) is 0 Å². The molecular weight excluding hydrogens is 474 g/mol. The third-order valence-electron chi connectivity index (χ3n) is 6.83. The van der Waals surface area contributed by atoms with Crippen LogP contribution in [-0.4, -0.2) is 57.8 Å². The Morgan fingerprint density at radius 1 is 1.00 bits per heavy atom. The molecule has 0 spiro atoms. The van der Waals surface area contributed by atoms with Crippen molar-refractivity contribution in [2.24, 2.45) is 0 Å². The maximum absolute atomic E-state index is 12.8. The molecule has 5 rings (SSSR count). The van der Waals surface area contributed by atoms with E-state index in [1.165, 1.54) is 10.9 Å². The fraction of sp³-hybridized carbons (Fsp3) is 0.276. The van der Waals surface area contributed by atoms with Crippen molar-refractivity contribution in [2.75, 3.05) is 19.6 Å². The topological polar surface area (TPSA) is 68.8 Å². The first-order chi connectivity index (χ1) is 17.6. The molecule has 36 heavy (non-hydrogen) atoms. The van der Waals surface area contributed by atoms with Crippen molar-refractivity contribution in [1.82, 2.24) is 14.8 Å². The van der Waals surface area contributed by atoms with E-state index >= 15 is 0 Å². The van der Waals surface area contributed by atoms with Crippen molar-refractivity contribution >= 4 is 28.6 Å². The molecule has 1 aromatic heterocycles. The number of hydrogen-bond donors (Lipinski definition) is 2. The fourth-order valence-electron chi connectivity index (χ4n) is 4.88. The summed E-state index contributed by atoms with van der Waals surface area (Å²) in [7, 11) is 0. The lowest BCUT2D eigenvalue weighted by atomic mass is 10.1. The summed E-state index contributed by atoms with van der Waals surface area (Å²) in [6, 6.07) is 25.5. The average molecular weight is 504 g/mol. The third kappa shape index (κ3) is 5.73. The number of aromatic amines is 1. The highest BCUT2D eigenvalue weighted by Gasteiger charge is 2.38. The van der Waals surface area contributed by atoms with E-state index in [0.29, 0.717) is 18.1 Å². The molecule has 0 aliphatic carbocycles. The van der Waals surface area contributed by atoms with Gasteiger partial charge in [0.2, 0.25) is 0 Å². The molecule has 3 aromatic carbocycles. The number of carbonyl (C=O) groups is 1. The lowest BCUT2D eigenvalue weighted by molar-refractivity contribution is 0.0783. The van der Waals surface area contributed by atoms with Gasteiger partial charge >= 0.3 is 6.09 Å². The van der Waals surface area contributed by atoms with E-state index in [9.17, 15) is 9.90 Å². The molecule has 2 atom stereocenters. The lowest BCUT2D eigenvalue weighted by Gasteiger charge is -2.30. The number of ether oxygens (including phenoxy) is 1. The Bertz CT molecular complexity index is 1290. The molecule has 6 nitrogen and oxygen atoms in total. The number of hydrogen-bond acceptors (Lipinski definition) is 4. The number of amides is 1. The summed E-state index contributed by atoms with van der Waals surface area (Å²) in [5.74, 6) is 0. The van der Waals surface area contributed by atoms with Gasteiger partial charge in [-0.3, -0.25) is 4.90 Å². The first-order valence-electron chi connectivity index (χ1n) is 12.2. The molecule has 1 fully saturated rings. The zero-order valence-corrected chi connectivity index (χ0v) is 20.8. The van der Waals surface area contributed by atoms with E-state index in [-0.39, 0.29) is 19.2 Å². The van der Waals surface area contributed by atoms with E-state index < -0.39 is 12.2 Å². The van der Waals surface area contributed by atoms with E-state index in [1.54, 1.807) is 4.90 Å². The molecule has 1 amide bonds. The molecule has 4 aromatic rings. The van der Waals surface area contributed by atoms with Crippen LogP contribution >= 0.6 is 11.6 Å². The molecule has 1 saturated heterocycles. The standard InChI is InChI=1S/C29H30ClN3O3/c30-24-12-10-21(11-13-24)17-32(15-14-23-16-31-26-9-5-4-8-25(23)26)27-18-33(19-28(27)34)29(35)36-20-22-6-2-1-3-7-22/h1-13,16,27-28,31,34H,14-15,17-20H2/t27-,28-/m1/s1. The Morgan fingerprint density at radius 3 is 2.56 bits per heavy atom. The largest absolute Gasteiger partial charge is 0.445 e. The number of halogens is 1. The van der Waals surface area contributed by atoms with Gasteiger partial charge in [0.05, 0.1) is 18.7 Å². The number of β-amino-alcohol motifs (C(OH)–C–C–N with tert-alkyl or cyclic N) is 1. The SMILES string of the molecule is O=C(OCc1ccccc1)N1C[C@@H](O)[C@H](N(CCc2c[nH]c3ccccc23)Cc2ccc(Cl)cc2)C1. The second kappa shape index (κ2) is 11.2. The fourth-order valence-corrected chi connectivity index (χ4v) is 5.00. The Kier molecular flexibility index (Phi) is 7.56. The van der Waals surface area contributed by atoms with Gasteiger partial charge in [-0.05, 0) is 41.3 Å². The lowest BCUT2D eigenvalue weighted by Crippen LogP contribution is -2.44. The van der Waals surface area contributed by atoms with Crippen LogP contribution in [0, 0.1) is 0 Å². The monoisotopic (exact) mass is 503 g/mol. The van der Waals surface area contributed by atoms with Crippen molar-refractivity contribution in [3.05, 3.63) is 107 Å². The van der Waals surface area contributed by atoms with Gasteiger partial charge in [-0.25, -0.2) is 4.79 Å². The zero-order valence-electron chi connectivity index (χ0n) is 20.0. The molecule has 0 bridgehead atoms. The number of para-hydroxylation sites is 1. The predicted molar refractivity (Wildman–Crippen MR) is 142 cm³/mol. The van der Waals surface area contributed by atoms with Gasteiger partial charge in [-0.1, -0.05) is 72.3 Å². The maximum Gasteiger partial charge on any atom is 0.410 e. The normalized spacial score (nSPS) is 17.7. The van der Waals surface area contributed by atoms with Crippen LogP contribution < -0.4 is 0 Å². The summed E-state index contributed by atoms with van der Waals surface area (Å²) in [5.41, 5.74) is 4.39. The second-order valence-corrected chi connectivity index (χ2v) is 9.72. The van der Waals surface area contributed by atoms with Crippen LogP contribution in [-0.2, 0) is 24.3 Å². The minimum Gasteiger partial charge on any atom is -0.445 e. The number of carbonyl (C=O) groups excluding carboxylic acids is 1. The number of H-pyrrole nitrogens is 1. The summed E-state index contributed by atoms with van der Waals surface area (Å²) >= 11 is 6.10. The highest BCUT2D eigenvalue weighted by atomic mass is 35.5. The number of nitrogens with one attached hydrogen (secondary N) is 1. The molecule has 0 radical (unpaired) electrons. The molecule has 7 heteroatoms. The van der Waals surface area contributed by atoms with E-state index in [4.69, 9.17) is 16.3 Å². The second-order valence-electron chi connectivity index (χ2n) is 9.29. The quantitative estimate of drug-likeness (QED) is 0.344. The third-order valence-corrected chi connectivity index (χ3v) is 7.09. The molecule has 1 aliphatic rings. The smallest absolute Gasteiger partial charge is 0.410 e. The predicted octanol–water partition coefficient (Wildman–Crippen LogP) is 5.25. The van der Waals surface area contributed by atoms with Crippen LogP contribution in [0.5, 0.6) is 0 Å². The summed E-state index contributed by atoms with van der Waals surface area (Å²) < 4.78 is 5.53. The van der Waals surface area contributed by atoms with Gasteiger partial charge in [0.1, 0.15) is 6.61 Å². The number of likely N-dealkylation sites (tertiary alicyclic amines) is 1. The van der Waals surface area contributed by atoms with Gasteiger partial charge in [0, 0.05) is 41.8 Å². The molecule has 0 saturated carbocycles. The van der Waals surface area contributed by atoms with Gasteiger partial charge in [-0.15, -0.1) is 0 Å². The average Bonchev–Trinajstić information content (AvgIpc) is 3.50. The van der Waals surface area contributed by atoms with E-state index in [2.05, 4.69) is 28.2 Å². The number of aliphatic hydroxyl groups is 1.